The number of hydrogen-bond acceptors (Lipinski definition) is 5. The molecule has 0 bridgehead atoms. The van der Waals surface area contributed by atoms with Gasteiger partial charge in [0.05, 0.1) is 0 Å². The van der Waals surface area contributed by atoms with E-state index in [9.17, 15) is 5.11 Å². The fourth-order valence-electron chi connectivity index (χ4n) is 2.40. The molecule has 3 aromatic carbocycles. The second kappa shape index (κ2) is 7.17. The Balaban J connectivity index is 1.53. The van der Waals surface area contributed by atoms with Gasteiger partial charge in [-0.1, -0.05) is 11.2 Å². The van der Waals surface area contributed by atoms with Crippen molar-refractivity contribution in [1.82, 2.24) is 10.1 Å². The molecule has 4 rings (SSSR count). The van der Waals surface area contributed by atoms with Gasteiger partial charge in [-0.2, -0.15) is 4.98 Å². The van der Waals surface area contributed by atoms with E-state index >= 15 is 0 Å². The first-order valence-corrected chi connectivity index (χ1v) is 8.92. The molecular formula is C20H13IN2O3. The lowest BCUT2D eigenvalue weighted by Gasteiger charge is -2.06. The number of benzene rings is 3. The highest BCUT2D eigenvalue weighted by atomic mass is 127. The minimum atomic E-state index is 0.192. The van der Waals surface area contributed by atoms with Crippen molar-refractivity contribution in [2.24, 2.45) is 0 Å². The first-order chi connectivity index (χ1) is 12.7. The zero-order valence-corrected chi connectivity index (χ0v) is 15.6. The molecule has 0 aliphatic heterocycles. The third-order valence-corrected chi connectivity index (χ3v) is 4.36. The predicted octanol–water partition coefficient (Wildman–Crippen LogP) is 5.51. The molecule has 0 atom stereocenters. The molecule has 1 heterocycles. The molecule has 5 nitrogen and oxygen atoms in total. The van der Waals surface area contributed by atoms with Crippen LogP contribution in [-0.2, 0) is 0 Å². The lowest BCUT2D eigenvalue weighted by Crippen LogP contribution is -1.86. The third kappa shape index (κ3) is 3.70. The van der Waals surface area contributed by atoms with Crippen LogP contribution in [0.5, 0.6) is 17.2 Å². The summed E-state index contributed by atoms with van der Waals surface area (Å²) in [5, 5.41) is 13.4. The second-order valence-corrected chi connectivity index (χ2v) is 6.80. The monoisotopic (exact) mass is 456 g/mol. The summed E-state index contributed by atoms with van der Waals surface area (Å²) in [5.41, 5.74) is 1.58. The fraction of sp³-hybridized carbons (Fsp3) is 0. The van der Waals surface area contributed by atoms with Gasteiger partial charge in [0.1, 0.15) is 17.2 Å². The lowest BCUT2D eigenvalue weighted by molar-refractivity contribution is 0.432. The number of aromatic nitrogens is 2. The van der Waals surface area contributed by atoms with E-state index in [1.807, 2.05) is 48.5 Å². The largest absolute Gasteiger partial charge is 0.508 e. The van der Waals surface area contributed by atoms with Crippen LogP contribution >= 0.6 is 22.6 Å². The Hall–Kier alpha value is -2.87. The Morgan fingerprint density at radius 1 is 0.846 bits per heavy atom. The van der Waals surface area contributed by atoms with Crippen LogP contribution in [-0.4, -0.2) is 15.2 Å². The maximum Gasteiger partial charge on any atom is 0.258 e. The lowest BCUT2D eigenvalue weighted by atomic mass is 10.2. The SMILES string of the molecule is Oc1ccc(-c2nc(-c3ccc(Oc4cccc(I)c4)cc3)no2)cc1. The summed E-state index contributed by atoms with van der Waals surface area (Å²) in [5.74, 6) is 2.61. The van der Waals surface area contributed by atoms with Crippen LogP contribution in [0.1, 0.15) is 0 Å². The summed E-state index contributed by atoms with van der Waals surface area (Å²) < 4.78 is 12.3. The molecule has 6 heteroatoms. The van der Waals surface area contributed by atoms with Gasteiger partial charge in [-0.25, -0.2) is 0 Å². The molecule has 0 aliphatic carbocycles. The number of nitrogens with zero attached hydrogens (tertiary/aromatic N) is 2. The van der Waals surface area contributed by atoms with Crippen molar-refractivity contribution in [3.63, 3.8) is 0 Å². The third-order valence-electron chi connectivity index (χ3n) is 3.68. The molecule has 1 N–H and O–H groups in total. The summed E-state index contributed by atoms with van der Waals surface area (Å²) in [6.07, 6.45) is 0. The van der Waals surface area contributed by atoms with E-state index < -0.39 is 0 Å². The molecule has 1 aromatic heterocycles. The Bertz CT molecular complexity index is 1030. The maximum absolute atomic E-state index is 9.35. The average Bonchev–Trinajstić information content (AvgIpc) is 3.13. The van der Waals surface area contributed by atoms with E-state index in [1.54, 1.807) is 24.3 Å². The van der Waals surface area contributed by atoms with Crippen molar-refractivity contribution in [2.75, 3.05) is 0 Å². The molecule has 26 heavy (non-hydrogen) atoms. The van der Waals surface area contributed by atoms with Crippen molar-refractivity contribution >= 4 is 22.6 Å². The van der Waals surface area contributed by atoms with Gasteiger partial charge in [-0.05, 0) is 89.3 Å². The molecule has 0 fully saturated rings. The summed E-state index contributed by atoms with van der Waals surface area (Å²) in [4.78, 5) is 4.40. The van der Waals surface area contributed by atoms with Crippen LogP contribution in [0, 0.1) is 3.57 Å². The average molecular weight is 456 g/mol. The van der Waals surface area contributed by atoms with Gasteiger partial charge < -0.3 is 14.4 Å². The minimum Gasteiger partial charge on any atom is -0.508 e. The summed E-state index contributed by atoms with van der Waals surface area (Å²) in [7, 11) is 0. The van der Waals surface area contributed by atoms with Crippen molar-refractivity contribution in [2.45, 2.75) is 0 Å². The first-order valence-electron chi connectivity index (χ1n) is 7.84. The zero-order valence-electron chi connectivity index (χ0n) is 13.5. The number of aromatic hydroxyl groups is 1. The highest BCUT2D eigenvalue weighted by Gasteiger charge is 2.11. The summed E-state index contributed by atoms with van der Waals surface area (Å²) in [6.45, 7) is 0. The Labute approximate surface area is 163 Å². The number of ether oxygens (including phenoxy) is 1. The molecule has 0 radical (unpaired) electrons. The molecule has 128 valence electrons. The van der Waals surface area contributed by atoms with Crippen LogP contribution in [0.15, 0.2) is 77.3 Å². The van der Waals surface area contributed by atoms with E-state index in [2.05, 4.69) is 32.7 Å². The number of rotatable bonds is 4. The quantitative estimate of drug-likeness (QED) is 0.411. The first kappa shape index (κ1) is 16.6. The molecule has 0 amide bonds. The van der Waals surface area contributed by atoms with Crippen molar-refractivity contribution in [3.8, 4) is 40.1 Å². The Morgan fingerprint density at radius 3 is 2.31 bits per heavy atom. The van der Waals surface area contributed by atoms with Gasteiger partial charge in [0.25, 0.3) is 5.89 Å². The van der Waals surface area contributed by atoms with E-state index in [0.717, 1.165) is 26.2 Å². The minimum absolute atomic E-state index is 0.192. The van der Waals surface area contributed by atoms with Crippen LogP contribution < -0.4 is 4.74 Å². The highest BCUT2D eigenvalue weighted by molar-refractivity contribution is 14.1. The highest BCUT2D eigenvalue weighted by Crippen LogP contribution is 2.27. The summed E-state index contributed by atoms with van der Waals surface area (Å²) >= 11 is 2.25. The smallest absolute Gasteiger partial charge is 0.258 e. The van der Waals surface area contributed by atoms with Gasteiger partial charge >= 0.3 is 0 Å². The molecule has 0 aliphatic rings. The van der Waals surface area contributed by atoms with E-state index in [-0.39, 0.29) is 5.75 Å². The van der Waals surface area contributed by atoms with Crippen molar-refractivity contribution in [1.29, 1.82) is 0 Å². The van der Waals surface area contributed by atoms with E-state index in [1.165, 1.54) is 0 Å². The second-order valence-electron chi connectivity index (χ2n) is 5.55. The van der Waals surface area contributed by atoms with Crippen LogP contribution in [0.25, 0.3) is 22.8 Å². The van der Waals surface area contributed by atoms with Gasteiger partial charge in [0.15, 0.2) is 0 Å². The van der Waals surface area contributed by atoms with Crippen molar-refractivity contribution < 1.29 is 14.4 Å². The topological polar surface area (TPSA) is 68.4 Å². The number of halogens is 1. The van der Waals surface area contributed by atoms with E-state index in [0.29, 0.717) is 11.7 Å². The molecule has 0 unspecified atom stereocenters. The molecule has 0 saturated heterocycles. The Kier molecular flexibility index (Phi) is 4.57. The van der Waals surface area contributed by atoms with Crippen LogP contribution in [0.3, 0.4) is 0 Å². The number of phenolic OH excluding ortho intramolecular Hbond substituents is 1. The van der Waals surface area contributed by atoms with Crippen LogP contribution in [0.4, 0.5) is 0 Å². The maximum atomic E-state index is 9.35. The molecule has 0 saturated carbocycles. The van der Waals surface area contributed by atoms with Gasteiger partial charge in [0, 0.05) is 14.7 Å². The predicted molar refractivity (Wildman–Crippen MR) is 106 cm³/mol. The van der Waals surface area contributed by atoms with E-state index in [4.69, 9.17) is 9.26 Å². The van der Waals surface area contributed by atoms with Gasteiger partial charge in [-0.15, -0.1) is 0 Å². The summed E-state index contributed by atoms with van der Waals surface area (Å²) in [6, 6.07) is 22.0. The number of hydrogen-bond donors (Lipinski definition) is 1. The Morgan fingerprint density at radius 2 is 1.58 bits per heavy atom. The standard InChI is InChI=1S/C20H13IN2O3/c21-15-2-1-3-18(12-15)25-17-10-6-13(7-11-17)19-22-20(26-23-19)14-4-8-16(24)9-5-14/h1-12,24H. The van der Waals surface area contributed by atoms with Gasteiger partial charge in [0.2, 0.25) is 5.82 Å². The number of phenols is 1. The zero-order chi connectivity index (χ0) is 17.9. The normalized spacial score (nSPS) is 10.7. The molecule has 4 aromatic rings. The fourth-order valence-corrected chi connectivity index (χ4v) is 2.92. The van der Waals surface area contributed by atoms with Gasteiger partial charge in [-0.3, -0.25) is 0 Å². The molecular weight excluding hydrogens is 443 g/mol. The van der Waals surface area contributed by atoms with Crippen molar-refractivity contribution in [3.05, 3.63) is 76.4 Å². The molecule has 0 spiro atoms. The van der Waals surface area contributed by atoms with Crippen LogP contribution in [0.2, 0.25) is 0 Å².